The Kier molecular flexibility index (Phi) is 13.5. The summed E-state index contributed by atoms with van der Waals surface area (Å²) in [6, 6.07) is -1.25. The maximum absolute atomic E-state index is 14.3. The van der Waals surface area contributed by atoms with Crippen molar-refractivity contribution in [2.75, 3.05) is 21.2 Å². The third-order valence-electron chi connectivity index (χ3n) is 10.9. The predicted molar refractivity (Wildman–Crippen MR) is 179 cm³/mol. The molecular formula is C35H59N3O12. The number of carbonyl (C=O) groups is 5. The second-order valence-electron chi connectivity index (χ2n) is 15.0. The lowest BCUT2D eigenvalue weighted by molar-refractivity contribution is -0.304. The summed E-state index contributed by atoms with van der Waals surface area (Å²) in [4.78, 5) is 68.1. The SMILES string of the molecule is CC[C@H]1OC(=O)[C@H](C)[C@@H](OC(C)=O)[C@H](C)[C@@H](O[C@@H]2O[C@H](C)C[C@H](N(C)C)[C@H]2OC(C)=O)[C@](C)(OC)C[C@@H](C)C(=O)[C@H](C)[C@H]2N(N)C(=O)O[C@]12C. The van der Waals surface area contributed by atoms with Crippen molar-refractivity contribution in [2.45, 2.75) is 149 Å². The smallest absolute Gasteiger partial charge is 0.425 e. The van der Waals surface area contributed by atoms with E-state index >= 15 is 0 Å². The first kappa shape index (κ1) is 41.6. The molecule has 3 fully saturated rings. The molecule has 50 heavy (non-hydrogen) atoms. The van der Waals surface area contributed by atoms with E-state index in [0.717, 1.165) is 5.01 Å². The average Bonchev–Trinajstić information content (AvgIpc) is 3.26. The van der Waals surface area contributed by atoms with Gasteiger partial charge in [0.15, 0.2) is 18.0 Å². The summed E-state index contributed by atoms with van der Waals surface area (Å²) in [6.45, 7) is 16.4. The number of ketones is 1. The summed E-state index contributed by atoms with van der Waals surface area (Å²) in [5.41, 5.74) is -2.75. The van der Waals surface area contributed by atoms with Gasteiger partial charge in [-0.3, -0.25) is 19.2 Å². The number of rotatable bonds is 7. The molecule has 3 heterocycles. The highest BCUT2D eigenvalue weighted by Gasteiger charge is 2.60. The molecule has 0 spiro atoms. The molecule has 15 heteroatoms. The van der Waals surface area contributed by atoms with Gasteiger partial charge >= 0.3 is 24.0 Å². The standard InChI is InChI=1S/C35H59N3O12/c1-14-25-35(10)29(38(36)33(43)50-35)19(4)26(41)17(2)16-34(9,44-13)30(20(5)27(46-22(7)39)21(6)31(42)48-25)49-32-28(47-23(8)40)24(37(11)12)15-18(3)45-32/h17-21,24-25,27-30,32H,14-16,36H2,1-13H3/t17-,18-,19+,20+,21-,24+,25-,27+,28-,29-,30-,32+,34-,35-/m1/s1. The lowest BCUT2D eigenvalue weighted by atomic mass is 9.73. The van der Waals surface area contributed by atoms with Crippen LogP contribution in [0.1, 0.15) is 88.5 Å². The molecule has 0 bridgehead atoms. The van der Waals surface area contributed by atoms with E-state index in [1.165, 1.54) is 21.0 Å². The van der Waals surface area contributed by atoms with Crippen molar-refractivity contribution >= 4 is 29.8 Å². The van der Waals surface area contributed by atoms with E-state index in [4.69, 9.17) is 39.0 Å². The van der Waals surface area contributed by atoms with Crippen molar-refractivity contribution in [3.8, 4) is 0 Å². The molecule has 3 rings (SSSR count). The summed E-state index contributed by atoms with van der Waals surface area (Å²) in [5, 5.41) is 0.893. The topological polar surface area (TPSA) is 182 Å². The number of fused-ring (bicyclic) bond motifs is 1. The lowest BCUT2D eigenvalue weighted by Gasteiger charge is -2.49. The molecule has 0 unspecified atom stereocenters. The first-order valence-corrected chi connectivity index (χ1v) is 17.5. The largest absolute Gasteiger partial charge is 0.461 e. The number of carbonyl (C=O) groups excluding carboxylic acids is 5. The van der Waals surface area contributed by atoms with Crippen LogP contribution >= 0.6 is 0 Å². The molecule has 3 aliphatic rings. The predicted octanol–water partition coefficient (Wildman–Crippen LogP) is 3.00. The highest BCUT2D eigenvalue weighted by molar-refractivity contribution is 5.85. The molecule has 14 atom stereocenters. The summed E-state index contributed by atoms with van der Waals surface area (Å²) in [7, 11) is 5.23. The van der Waals surface area contributed by atoms with E-state index in [9.17, 15) is 24.0 Å². The van der Waals surface area contributed by atoms with Crippen LogP contribution in [0.4, 0.5) is 4.79 Å². The van der Waals surface area contributed by atoms with Crippen molar-refractivity contribution in [2.24, 2.45) is 29.5 Å². The zero-order valence-corrected chi connectivity index (χ0v) is 31.9. The van der Waals surface area contributed by atoms with Gasteiger partial charge in [0.05, 0.1) is 29.8 Å². The van der Waals surface area contributed by atoms with Gasteiger partial charge in [-0.1, -0.05) is 27.7 Å². The Hall–Kier alpha value is -2.85. The van der Waals surface area contributed by atoms with Crippen molar-refractivity contribution in [1.82, 2.24) is 9.91 Å². The summed E-state index contributed by atoms with van der Waals surface area (Å²) >= 11 is 0. The lowest BCUT2D eigenvalue weighted by Crippen LogP contribution is -2.61. The van der Waals surface area contributed by atoms with E-state index in [0.29, 0.717) is 6.42 Å². The number of esters is 3. The Morgan fingerprint density at radius 3 is 2.08 bits per heavy atom. The number of likely N-dealkylation sites (N-methyl/N-ethyl adjacent to an activating group) is 1. The molecule has 3 aliphatic heterocycles. The van der Waals surface area contributed by atoms with Crippen molar-refractivity contribution in [3.63, 3.8) is 0 Å². The van der Waals surface area contributed by atoms with E-state index < -0.39 is 95.6 Å². The van der Waals surface area contributed by atoms with Crippen LogP contribution in [-0.4, -0.2) is 121 Å². The van der Waals surface area contributed by atoms with Gasteiger partial charge in [-0.25, -0.2) is 15.6 Å². The molecule has 1 amide bonds. The molecule has 0 radical (unpaired) electrons. The highest BCUT2D eigenvalue weighted by atomic mass is 16.7. The Morgan fingerprint density at radius 1 is 0.980 bits per heavy atom. The van der Waals surface area contributed by atoms with Crippen LogP contribution in [0.25, 0.3) is 0 Å². The maximum Gasteiger partial charge on any atom is 0.425 e. The zero-order chi connectivity index (χ0) is 38.0. The second kappa shape index (κ2) is 16.2. The molecule has 15 nitrogen and oxygen atoms in total. The first-order valence-electron chi connectivity index (χ1n) is 17.5. The van der Waals surface area contributed by atoms with Crippen molar-refractivity contribution < 1.29 is 57.1 Å². The Balaban J connectivity index is 2.23. The van der Waals surface area contributed by atoms with Gasteiger partial charge in [-0.2, -0.15) is 0 Å². The Morgan fingerprint density at radius 2 is 1.56 bits per heavy atom. The average molecular weight is 714 g/mol. The number of amides is 1. The number of nitrogens with two attached hydrogens (primary N) is 1. The highest BCUT2D eigenvalue weighted by Crippen LogP contribution is 2.43. The molecule has 0 aromatic rings. The molecule has 0 aromatic carbocycles. The monoisotopic (exact) mass is 713 g/mol. The van der Waals surface area contributed by atoms with Gasteiger partial charge in [0, 0.05) is 38.7 Å². The van der Waals surface area contributed by atoms with Gasteiger partial charge in [-0.15, -0.1) is 0 Å². The van der Waals surface area contributed by atoms with Crippen molar-refractivity contribution in [1.29, 1.82) is 0 Å². The summed E-state index contributed by atoms with van der Waals surface area (Å²) < 4.78 is 42.8. The van der Waals surface area contributed by atoms with Crippen LogP contribution in [0.3, 0.4) is 0 Å². The number of ether oxygens (including phenoxy) is 7. The number of cyclic esters (lactones) is 1. The Bertz CT molecular complexity index is 1270. The minimum absolute atomic E-state index is 0.102. The molecule has 2 N–H and O–H groups in total. The van der Waals surface area contributed by atoms with Crippen molar-refractivity contribution in [3.05, 3.63) is 0 Å². The van der Waals surface area contributed by atoms with Gasteiger partial charge < -0.3 is 38.1 Å². The van der Waals surface area contributed by atoms with Gasteiger partial charge in [0.1, 0.15) is 24.0 Å². The normalized spacial score (nSPS) is 41.9. The molecule has 286 valence electrons. The number of Topliss-reactive ketones (excluding diaryl/α,β-unsaturated/α-hetero) is 1. The number of hydrogen-bond acceptors (Lipinski definition) is 14. The minimum Gasteiger partial charge on any atom is -0.461 e. The van der Waals surface area contributed by atoms with E-state index in [1.54, 1.807) is 48.5 Å². The van der Waals surface area contributed by atoms with E-state index in [2.05, 4.69) is 0 Å². The molecule has 0 aromatic heterocycles. The molecule has 0 aliphatic carbocycles. The van der Waals surface area contributed by atoms with Crippen LogP contribution in [0.15, 0.2) is 0 Å². The fraction of sp³-hybridized carbons (Fsp3) is 0.857. The van der Waals surface area contributed by atoms with E-state index in [1.807, 2.05) is 25.9 Å². The maximum atomic E-state index is 14.3. The molecule has 0 saturated carbocycles. The van der Waals surface area contributed by atoms with Crippen LogP contribution in [0, 0.1) is 23.7 Å². The number of methoxy groups -OCH3 is 1. The number of nitrogens with zero attached hydrogens (tertiary/aromatic N) is 2. The summed E-state index contributed by atoms with van der Waals surface area (Å²) in [5.74, 6) is 0.754. The van der Waals surface area contributed by atoms with Gasteiger partial charge in [0.2, 0.25) is 0 Å². The zero-order valence-electron chi connectivity index (χ0n) is 31.9. The van der Waals surface area contributed by atoms with Crippen LogP contribution < -0.4 is 5.84 Å². The Labute approximate surface area is 296 Å². The minimum atomic E-state index is -1.47. The quantitative estimate of drug-likeness (QED) is 0.176. The number of hydrazine groups is 1. The molecular weight excluding hydrogens is 654 g/mol. The van der Waals surface area contributed by atoms with Crippen LogP contribution in [-0.2, 0) is 52.3 Å². The van der Waals surface area contributed by atoms with Crippen LogP contribution in [0.5, 0.6) is 0 Å². The fourth-order valence-corrected chi connectivity index (χ4v) is 8.25. The fourth-order valence-electron chi connectivity index (χ4n) is 8.25. The van der Waals surface area contributed by atoms with E-state index in [-0.39, 0.29) is 30.8 Å². The molecule has 3 saturated heterocycles. The van der Waals surface area contributed by atoms with Crippen LogP contribution in [0.2, 0.25) is 0 Å². The second-order valence-corrected chi connectivity index (χ2v) is 15.0. The van der Waals surface area contributed by atoms with Gasteiger partial charge in [-0.05, 0) is 61.1 Å². The first-order chi connectivity index (χ1) is 23.1. The number of hydrogen-bond donors (Lipinski definition) is 1. The third kappa shape index (κ3) is 8.43. The van der Waals surface area contributed by atoms with Gasteiger partial charge in [0.25, 0.3) is 0 Å². The third-order valence-corrected chi connectivity index (χ3v) is 10.9. The summed E-state index contributed by atoms with van der Waals surface area (Å²) in [6.07, 6.45) is -5.34.